The van der Waals surface area contributed by atoms with E-state index < -0.39 is 29.0 Å². The van der Waals surface area contributed by atoms with Gasteiger partial charge in [0.05, 0.1) is 4.47 Å². The van der Waals surface area contributed by atoms with Crippen LogP contribution in [-0.4, -0.2) is 22.8 Å². The molecule has 1 amide bonds. The molecule has 0 fully saturated rings. The number of carboxylic acids is 1. The Morgan fingerprint density at radius 3 is 2.59 bits per heavy atom. The molecule has 1 aromatic carbocycles. The van der Waals surface area contributed by atoms with Gasteiger partial charge in [-0.05, 0) is 66.7 Å². The van der Waals surface area contributed by atoms with Crippen LogP contribution >= 0.6 is 15.9 Å². The number of carbonyl (C=O) groups excluding carboxylic acids is 1. The number of aliphatic carboxylic acids is 1. The van der Waals surface area contributed by atoms with Crippen LogP contribution < -0.4 is 5.32 Å². The third-order valence-corrected chi connectivity index (χ3v) is 4.10. The maximum Gasteiger partial charge on any atom is 0.408 e. The zero-order valence-electron chi connectivity index (χ0n) is 12.5. The van der Waals surface area contributed by atoms with Gasteiger partial charge in [-0.2, -0.15) is 0 Å². The molecule has 0 heterocycles. The zero-order valence-corrected chi connectivity index (χ0v) is 14.1. The van der Waals surface area contributed by atoms with E-state index in [4.69, 9.17) is 4.74 Å². The van der Waals surface area contributed by atoms with Gasteiger partial charge in [-0.1, -0.05) is 6.07 Å². The molecule has 7 heteroatoms. The van der Waals surface area contributed by atoms with Crippen molar-refractivity contribution in [2.75, 3.05) is 0 Å². The maximum atomic E-state index is 14.1. The van der Waals surface area contributed by atoms with E-state index in [9.17, 15) is 19.1 Å². The van der Waals surface area contributed by atoms with Crippen LogP contribution in [0.4, 0.5) is 9.18 Å². The fourth-order valence-corrected chi connectivity index (χ4v) is 2.94. The first-order valence-electron chi connectivity index (χ1n) is 6.79. The summed E-state index contributed by atoms with van der Waals surface area (Å²) in [5.74, 6) is -1.73. The van der Waals surface area contributed by atoms with Gasteiger partial charge in [-0.15, -0.1) is 0 Å². The van der Waals surface area contributed by atoms with Crippen LogP contribution in [0.25, 0.3) is 0 Å². The highest BCUT2D eigenvalue weighted by atomic mass is 79.9. The lowest BCUT2D eigenvalue weighted by atomic mass is 9.92. The van der Waals surface area contributed by atoms with Crippen molar-refractivity contribution in [3.05, 3.63) is 33.5 Å². The average Bonchev–Trinajstić information content (AvgIpc) is 2.72. The topological polar surface area (TPSA) is 75.6 Å². The van der Waals surface area contributed by atoms with Crippen molar-refractivity contribution < 1.29 is 23.8 Å². The van der Waals surface area contributed by atoms with Crippen molar-refractivity contribution >= 4 is 28.0 Å². The highest BCUT2D eigenvalue weighted by molar-refractivity contribution is 9.10. The molecule has 1 aromatic rings. The van der Waals surface area contributed by atoms with Gasteiger partial charge in [0.25, 0.3) is 0 Å². The number of carboxylic acid groups (broad SMARTS) is 1. The smallest absolute Gasteiger partial charge is 0.408 e. The molecule has 120 valence electrons. The number of fused-ring (bicyclic) bond motifs is 1. The predicted octanol–water partition coefficient (Wildman–Crippen LogP) is 3.34. The van der Waals surface area contributed by atoms with Gasteiger partial charge in [0, 0.05) is 0 Å². The van der Waals surface area contributed by atoms with Crippen molar-refractivity contribution in [1.29, 1.82) is 0 Å². The molecule has 1 aliphatic carbocycles. The van der Waals surface area contributed by atoms with Gasteiger partial charge in [0.2, 0.25) is 0 Å². The Kier molecular flexibility index (Phi) is 4.21. The lowest BCUT2D eigenvalue weighted by Crippen LogP contribution is -2.51. The van der Waals surface area contributed by atoms with E-state index in [2.05, 4.69) is 21.2 Å². The van der Waals surface area contributed by atoms with Gasteiger partial charge in [-0.3, -0.25) is 0 Å². The minimum atomic E-state index is -1.67. The van der Waals surface area contributed by atoms with Crippen LogP contribution in [0.1, 0.15) is 38.3 Å². The Morgan fingerprint density at radius 2 is 2.05 bits per heavy atom. The van der Waals surface area contributed by atoms with Crippen LogP contribution in [0.15, 0.2) is 16.6 Å². The average molecular weight is 374 g/mol. The summed E-state index contributed by atoms with van der Waals surface area (Å²) in [5.41, 5.74) is -1.87. The molecule has 0 unspecified atom stereocenters. The monoisotopic (exact) mass is 373 g/mol. The van der Waals surface area contributed by atoms with E-state index in [0.29, 0.717) is 5.56 Å². The molecule has 1 atom stereocenters. The van der Waals surface area contributed by atoms with Crippen LogP contribution in [0, 0.1) is 5.82 Å². The normalized spacial score (nSPS) is 20.4. The van der Waals surface area contributed by atoms with E-state index in [-0.39, 0.29) is 22.9 Å². The van der Waals surface area contributed by atoms with Crippen molar-refractivity contribution in [2.45, 2.75) is 44.8 Å². The first-order valence-corrected chi connectivity index (χ1v) is 7.58. The first kappa shape index (κ1) is 16.7. The maximum absolute atomic E-state index is 14.1. The fourth-order valence-electron chi connectivity index (χ4n) is 2.57. The van der Waals surface area contributed by atoms with Gasteiger partial charge >= 0.3 is 12.1 Å². The number of alkyl carbamates (subject to hydrolysis) is 1. The molecule has 0 saturated heterocycles. The first-order chi connectivity index (χ1) is 10.1. The molecule has 5 nitrogen and oxygen atoms in total. The molecule has 0 bridgehead atoms. The number of benzene rings is 1. The van der Waals surface area contributed by atoms with Crippen molar-refractivity contribution in [3.63, 3.8) is 0 Å². The van der Waals surface area contributed by atoms with Crippen molar-refractivity contribution in [3.8, 4) is 0 Å². The Hall–Kier alpha value is -1.63. The molecule has 0 spiro atoms. The number of ether oxygens (including phenoxy) is 1. The van der Waals surface area contributed by atoms with E-state index in [0.717, 1.165) is 0 Å². The number of amides is 1. The van der Waals surface area contributed by atoms with Crippen LogP contribution in [0.2, 0.25) is 0 Å². The summed E-state index contributed by atoms with van der Waals surface area (Å²) in [6.07, 6.45) is -0.543. The second kappa shape index (κ2) is 5.53. The van der Waals surface area contributed by atoms with E-state index in [1.807, 2.05) is 0 Å². The van der Waals surface area contributed by atoms with Crippen LogP contribution in [-0.2, 0) is 21.5 Å². The lowest BCUT2D eigenvalue weighted by Gasteiger charge is -2.29. The van der Waals surface area contributed by atoms with Gasteiger partial charge in [-0.25, -0.2) is 14.0 Å². The molecule has 0 saturated carbocycles. The number of carbonyl (C=O) groups is 2. The van der Waals surface area contributed by atoms with Crippen LogP contribution in [0.3, 0.4) is 0 Å². The quantitative estimate of drug-likeness (QED) is 0.833. The third kappa shape index (κ3) is 2.95. The van der Waals surface area contributed by atoms with Crippen molar-refractivity contribution in [2.24, 2.45) is 0 Å². The molecule has 1 aliphatic rings. The Labute approximate surface area is 136 Å². The summed E-state index contributed by atoms with van der Waals surface area (Å²) in [5, 5.41) is 12.0. The second-order valence-electron chi connectivity index (χ2n) is 6.22. The molecule has 0 aliphatic heterocycles. The summed E-state index contributed by atoms with van der Waals surface area (Å²) < 4.78 is 19.5. The SMILES string of the molecule is CC(C)(C)OC(=O)N[C@@]1(C(=O)O)CCc2c1ccc(Br)c2F. The molecule has 0 radical (unpaired) electrons. The van der Waals surface area contributed by atoms with Gasteiger partial charge in [0.1, 0.15) is 11.4 Å². The minimum Gasteiger partial charge on any atom is -0.479 e. The van der Waals surface area contributed by atoms with Crippen molar-refractivity contribution in [1.82, 2.24) is 5.32 Å². The fraction of sp³-hybridized carbons (Fsp3) is 0.467. The van der Waals surface area contributed by atoms with E-state index >= 15 is 0 Å². The van der Waals surface area contributed by atoms with E-state index in [1.165, 1.54) is 12.1 Å². The molecule has 2 rings (SSSR count). The number of rotatable bonds is 2. The molecule has 0 aromatic heterocycles. The summed E-state index contributed by atoms with van der Waals surface area (Å²) in [6, 6.07) is 2.95. The van der Waals surface area contributed by atoms with E-state index in [1.54, 1.807) is 20.8 Å². The number of hydrogen-bond donors (Lipinski definition) is 2. The number of halogens is 2. The highest BCUT2D eigenvalue weighted by Crippen LogP contribution is 2.40. The van der Waals surface area contributed by atoms with Gasteiger partial charge < -0.3 is 15.2 Å². The summed E-state index contributed by atoms with van der Waals surface area (Å²) >= 11 is 3.08. The second-order valence-corrected chi connectivity index (χ2v) is 7.08. The third-order valence-electron chi connectivity index (χ3n) is 3.49. The molecule has 22 heavy (non-hydrogen) atoms. The highest BCUT2D eigenvalue weighted by Gasteiger charge is 2.48. The Morgan fingerprint density at radius 1 is 1.41 bits per heavy atom. The minimum absolute atomic E-state index is 0.0737. The Balaban J connectivity index is 2.40. The molecular weight excluding hydrogens is 357 g/mol. The number of hydrogen-bond acceptors (Lipinski definition) is 3. The summed E-state index contributed by atoms with van der Waals surface area (Å²) in [6.45, 7) is 5.04. The van der Waals surface area contributed by atoms with Crippen LogP contribution in [0.5, 0.6) is 0 Å². The van der Waals surface area contributed by atoms with Gasteiger partial charge in [0.15, 0.2) is 5.54 Å². The standard InChI is InChI=1S/C15H17BrFNO4/c1-14(2,3)22-13(21)18-15(12(19)20)7-6-8-9(15)4-5-10(16)11(8)17/h4-5H,6-7H2,1-3H3,(H,18,21)(H,19,20)/t15-/m0/s1. The Bertz CT molecular complexity index is 641. The largest absolute Gasteiger partial charge is 0.479 e. The molecule has 2 N–H and O–H groups in total. The zero-order chi connectivity index (χ0) is 16.7. The summed E-state index contributed by atoms with van der Waals surface area (Å²) in [7, 11) is 0. The molecular formula is C15H17BrFNO4. The summed E-state index contributed by atoms with van der Waals surface area (Å²) in [4.78, 5) is 23.8. The lowest BCUT2D eigenvalue weighted by molar-refractivity contribution is -0.145. The number of nitrogens with one attached hydrogen (secondary N) is 1. The predicted molar refractivity (Wildman–Crippen MR) is 81.1 cm³/mol.